The summed E-state index contributed by atoms with van der Waals surface area (Å²) in [6.07, 6.45) is 2.36. The number of ether oxygens (including phenoxy) is 2. The van der Waals surface area contributed by atoms with Gasteiger partial charge < -0.3 is 43.7 Å². The fourth-order valence-electron chi connectivity index (χ4n) is 9.07. The number of carbonyl (C=O) groups is 5. The smallest absolute Gasteiger partial charge is 0.419 e. The Bertz CT molecular complexity index is 2110. The molecule has 2 aromatic carbocycles. The van der Waals surface area contributed by atoms with Crippen molar-refractivity contribution in [3.8, 4) is 0 Å². The lowest BCUT2D eigenvalue weighted by atomic mass is 9.99. The number of fused-ring (bicyclic) bond motifs is 2. The Kier molecular flexibility index (Phi) is 13.4. The van der Waals surface area contributed by atoms with Gasteiger partial charge in [-0.25, -0.2) is 19.2 Å². The van der Waals surface area contributed by atoms with Gasteiger partial charge in [-0.05, 0) is 88.4 Å². The minimum absolute atomic E-state index is 0.0414. The third-order valence-electron chi connectivity index (χ3n) is 12.4. The lowest BCUT2D eigenvalue weighted by Crippen LogP contribution is -2.56. The van der Waals surface area contributed by atoms with E-state index in [1.54, 1.807) is 27.8 Å². The molecule has 0 saturated carbocycles. The average Bonchev–Trinajstić information content (AvgIpc) is 3.42. The second kappa shape index (κ2) is 18.9. The Morgan fingerprint density at radius 1 is 0.867 bits per heavy atom. The molecule has 1 aromatic heterocycles. The summed E-state index contributed by atoms with van der Waals surface area (Å²) in [5, 5.41) is 3.04. The van der Waals surface area contributed by atoms with E-state index in [0.29, 0.717) is 108 Å². The number of nitrogens with one attached hydrogen (secondary N) is 1. The van der Waals surface area contributed by atoms with Gasteiger partial charge in [0.05, 0.1) is 12.1 Å². The number of piperazine rings is 1. The molecule has 0 aliphatic carbocycles. The van der Waals surface area contributed by atoms with E-state index in [1.807, 2.05) is 61.2 Å². The van der Waals surface area contributed by atoms with Crippen molar-refractivity contribution in [2.75, 3.05) is 91.5 Å². The maximum Gasteiger partial charge on any atom is 0.419 e. The van der Waals surface area contributed by atoms with Crippen molar-refractivity contribution < 1.29 is 37.9 Å². The molecule has 60 heavy (non-hydrogen) atoms. The summed E-state index contributed by atoms with van der Waals surface area (Å²) in [6, 6.07) is 11.4. The number of oxazole rings is 1. The fourth-order valence-corrected chi connectivity index (χ4v) is 9.07. The molecule has 1 N–H and O–H groups in total. The summed E-state index contributed by atoms with van der Waals surface area (Å²) in [5.41, 5.74) is 4.49. The topological polar surface area (TPSA) is 170 Å². The third-order valence-corrected chi connectivity index (χ3v) is 12.4. The molecule has 4 aliphatic heterocycles. The van der Waals surface area contributed by atoms with Crippen LogP contribution < -0.4 is 11.1 Å². The van der Waals surface area contributed by atoms with Crippen LogP contribution in [0.25, 0.3) is 11.1 Å². The number of hydrogen-bond acceptors (Lipinski definition) is 11. The highest BCUT2D eigenvalue weighted by atomic mass is 16.6. The van der Waals surface area contributed by atoms with Gasteiger partial charge in [-0.1, -0.05) is 24.3 Å². The molecule has 17 nitrogen and oxygen atoms in total. The molecule has 324 valence electrons. The van der Waals surface area contributed by atoms with Crippen LogP contribution in [0.3, 0.4) is 0 Å². The van der Waals surface area contributed by atoms with Crippen LogP contribution in [0.1, 0.15) is 48.8 Å². The maximum absolute atomic E-state index is 14.3. The number of anilines is 1. The zero-order valence-corrected chi connectivity index (χ0v) is 35.2. The molecule has 7 rings (SSSR count). The summed E-state index contributed by atoms with van der Waals surface area (Å²) in [4.78, 5) is 89.9. The van der Waals surface area contributed by atoms with E-state index >= 15 is 0 Å². The molecule has 3 aromatic rings. The lowest BCUT2D eigenvalue weighted by Gasteiger charge is -2.43. The summed E-state index contributed by atoms with van der Waals surface area (Å²) < 4.78 is 18.2. The van der Waals surface area contributed by atoms with Crippen molar-refractivity contribution >= 4 is 46.7 Å². The zero-order valence-electron chi connectivity index (χ0n) is 35.2. The highest BCUT2D eigenvalue weighted by molar-refractivity contribution is 6.32. The second-order valence-corrected chi connectivity index (χ2v) is 16.7. The molecule has 3 fully saturated rings. The number of likely N-dealkylation sites (tertiary alicyclic amines) is 2. The van der Waals surface area contributed by atoms with Crippen molar-refractivity contribution in [2.24, 2.45) is 7.05 Å². The van der Waals surface area contributed by atoms with E-state index in [1.165, 1.54) is 4.57 Å². The minimum Gasteiger partial charge on any atom is -0.458 e. The molecule has 17 heteroatoms. The van der Waals surface area contributed by atoms with Gasteiger partial charge in [-0.2, -0.15) is 0 Å². The average molecular weight is 831 g/mol. The Balaban J connectivity index is 0.953. The van der Waals surface area contributed by atoms with Crippen molar-refractivity contribution in [1.29, 1.82) is 0 Å². The van der Waals surface area contributed by atoms with E-state index in [-0.39, 0.29) is 37.0 Å². The van der Waals surface area contributed by atoms with Crippen molar-refractivity contribution in [3.63, 3.8) is 0 Å². The monoisotopic (exact) mass is 830 g/mol. The minimum atomic E-state index is -1.12. The van der Waals surface area contributed by atoms with Crippen molar-refractivity contribution in [3.05, 3.63) is 63.6 Å². The van der Waals surface area contributed by atoms with Crippen LogP contribution in [-0.4, -0.2) is 168 Å². The van der Waals surface area contributed by atoms with Gasteiger partial charge >= 0.3 is 29.8 Å². The fraction of sp³-hybridized carbons (Fsp3) is 0.581. The van der Waals surface area contributed by atoms with Crippen LogP contribution in [0, 0.1) is 6.92 Å². The third kappa shape index (κ3) is 9.78. The Labute approximate surface area is 350 Å². The number of aromatic nitrogens is 1. The number of carbonyl (C=O) groups excluding carboxylic acids is 5. The standard InChI is InChI=1S/C43H58N8O9/c1-29-26-30(27-35-37(29)46(4)42(56)59-35)28-36(60-43(57)50-18-13-33(14-19-50)51-20-10-31-8-5-6-9-34(31)44-41(51)55)38(52)48-16-11-32(12-17-48)47-21-23-49(24-22-47)39(53)40(54)58-25-7-15-45(2)3/h5-6,8-9,26-27,32-33,36H,7,10-25,28H2,1-4H3,(H,44,55)/t36-/m1/s1. The number of aryl methyl sites for hydroxylation is 2. The zero-order chi connectivity index (χ0) is 42.5. The van der Waals surface area contributed by atoms with Crippen molar-refractivity contribution in [2.45, 2.75) is 70.1 Å². The van der Waals surface area contributed by atoms with Crippen LogP contribution >= 0.6 is 0 Å². The van der Waals surface area contributed by atoms with Crippen LogP contribution in [0.4, 0.5) is 15.3 Å². The number of benzene rings is 2. The second-order valence-electron chi connectivity index (χ2n) is 16.7. The van der Waals surface area contributed by atoms with Crippen LogP contribution in [0.15, 0.2) is 45.6 Å². The number of esters is 1. The Hall–Kier alpha value is -5.42. The number of hydrogen-bond donors (Lipinski definition) is 1. The highest BCUT2D eigenvalue weighted by Gasteiger charge is 2.37. The highest BCUT2D eigenvalue weighted by Crippen LogP contribution is 2.27. The van der Waals surface area contributed by atoms with Gasteiger partial charge in [-0.3, -0.25) is 19.1 Å². The number of rotatable bonds is 10. The van der Waals surface area contributed by atoms with Crippen LogP contribution in [0.5, 0.6) is 0 Å². The normalized spacial score (nSPS) is 18.9. The van der Waals surface area contributed by atoms with Crippen LogP contribution in [0.2, 0.25) is 0 Å². The molecule has 3 saturated heterocycles. The summed E-state index contributed by atoms with van der Waals surface area (Å²) in [7, 11) is 5.52. The first kappa shape index (κ1) is 42.7. The van der Waals surface area contributed by atoms with E-state index in [0.717, 1.165) is 29.8 Å². The molecule has 0 unspecified atom stereocenters. The van der Waals surface area contributed by atoms with Gasteiger partial charge in [-0.15, -0.1) is 0 Å². The van der Waals surface area contributed by atoms with Gasteiger partial charge in [0.15, 0.2) is 11.7 Å². The van der Waals surface area contributed by atoms with Gasteiger partial charge in [0.25, 0.3) is 5.91 Å². The predicted octanol–water partition coefficient (Wildman–Crippen LogP) is 2.67. The molecule has 0 radical (unpaired) electrons. The van der Waals surface area contributed by atoms with E-state index in [9.17, 15) is 28.8 Å². The summed E-state index contributed by atoms with van der Waals surface area (Å²) in [6.45, 7) is 7.18. The molecule has 1 atom stereocenters. The van der Waals surface area contributed by atoms with Crippen molar-refractivity contribution in [1.82, 2.24) is 34.0 Å². The summed E-state index contributed by atoms with van der Waals surface area (Å²) >= 11 is 0. The molecule has 4 aliphatic rings. The molecule has 0 bridgehead atoms. The molecule has 5 heterocycles. The Morgan fingerprint density at radius 2 is 1.55 bits per heavy atom. The van der Waals surface area contributed by atoms with E-state index in [4.69, 9.17) is 13.9 Å². The SMILES string of the molecule is Cc1cc(C[C@@H](OC(=O)N2CCC(N3CCc4ccccc4NC3=O)CC2)C(=O)N2CCC(N3CCN(C(=O)C(=O)OCCCN(C)C)CC3)CC2)cc2oc(=O)n(C)c12. The quantitative estimate of drug-likeness (QED) is 0.181. The predicted molar refractivity (Wildman–Crippen MR) is 223 cm³/mol. The first-order chi connectivity index (χ1) is 28.9. The van der Waals surface area contributed by atoms with Gasteiger partial charge in [0.2, 0.25) is 0 Å². The number of amides is 5. The van der Waals surface area contributed by atoms with Gasteiger partial charge in [0, 0.05) is 96.7 Å². The number of nitrogens with zero attached hydrogens (tertiary/aromatic N) is 7. The lowest BCUT2D eigenvalue weighted by molar-refractivity contribution is -0.161. The van der Waals surface area contributed by atoms with Gasteiger partial charge in [0.1, 0.15) is 0 Å². The molecule has 5 amide bonds. The first-order valence-electron chi connectivity index (χ1n) is 21.2. The number of piperidine rings is 2. The van der Waals surface area contributed by atoms with E-state index in [2.05, 4.69) is 10.2 Å². The molecule has 0 spiro atoms. The number of urea groups is 1. The summed E-state index contributed by atoms with van der Waals surface area (Å²) in [5.74, 6) is -2.20. The van der Waals surface area contributed by atoms with Crippen LogP contribution in [-0.2, 0) is 43.7 Å². The largest absolute Gasteiger partial charge is 0.458 e. The molecular formula is C43H58N8O9. The molecular weight excluding hydrogens is 773 g/mol. The first-order valence-corrected chi connectivity index (χ1v) is 21.2. The Morgan fingerprint density at radius 3 is 2.27 bits per heavy atom. The van der Waals surface area contributed by atoms with E-state index < -0.39 is 29.8 Å². The maximum atomic E-state index is 14.3. The number of para-hydroxylation sites is 1.